The summed E-state index contributed by atoms with van der Waals surface area (Å²) in [4.78, 5) is 0. The van der Waals surface area contributed by atoms with Crippen LogP contribution < -0.4 is 5.73 Å². The number of aromatic amines is 1. The smallest absolute Gasteiger partial charge is 0.163 e. The molecule has 0 atom stereocenters. The molecule has 0 spiro atoms. The Labute approximate surface area is 74.8 Å². The first-order chi connectivity index (χ1) is 6.20. The molecular formula is C8H8N4O. The molecule has 0 aliphatic rings. The highest BCUT2D eigenvalue weighted by Gasteiger charge is 2.12. The SMILES string of the molecule is C=C/C=C(\O)c1[nH]nc(N)c1C#N. The molecule has 5 nitrogen and oxygen atoms in total. The van der Waals surface area contributed by atoms with Gasteiger partial charge < -0.3 is 10.8 Å². The molecule has 0 amide bonds. The van der Waals surface area contributed by atoms with Crippen molar-refractivity contribution in [2.24, 2.45) is 0 Å². The number of aliphatic hydroxyl groups is 1. The van der Waals surface area contributed by atoms with Crippen LogP contribution in [0.2, 0.25) is 0 Å². The fourth-order valence-electron chi connectivity index (χ4n) is 0.849. The molecule has 5 heteroatoms. The number of nitrogens with two attached hydrogens (primary N) is 1. The Kier molecular flexibility index (Phi) is 2.36. The number of allylic oxidation sites excluding steroid dienone is 2. The second-order valence-corrected chi connectivity index (χ2v) is 2.26. The molecule has 1 rings (SSSR count). The molecule has 0 saturated heterocycles. The summed E-state index contributed by atoms with van der Waals surface area (Å²) in [6.45, 7) is 3.40. The van der Waals surface area contributed by atoms with Crippen molar-refractivity contribution in [3.63, 3.8) is 0 Å². The van der Waals surface area contributed by atoms with Crippen LogP contribution in [0.3, 0.4) is 0 Å². The van der Waals surface area contributed by atoms with Crippen LogP contribution in [0.4, 0.5) is 5.82 Å². The molecule has 0 aliphatic heterocycles. The van der Waals surface area contributed by atoms with E-state index in [1.807, 2.05) is 6.07 Å². The van der Waals surface area contributed by atoms with Gasteiger partial charge in [-0.15, -0.1) is 0 Å². The number of nitrogens with zero attached hydrogens (tertiary/aromatic N) is 2. The standard InChI is InChI=1S/C8H8N4O/c1-2-3-6(13)7-5(4-9)8(10)12-11-7/h2-3,13H,1H2,(H3,10,11,12)/b6-3-. The lowest BCUT2D eigenvalue weighted by Gasteiger charge is -1.93. The summed E-state index contributed by atoms with van der Waals surface area (Å²) in [5.41, 5.74) is 5.70. The third-order valence-corrected chi connectivity index (χ3v) is 1.44. The molecule has 0 radical (unpaired) electrons. The third-order valence-electron chi connectivity index (χ3n) is 1.44. The lowest BCUT2D eigenvalue weighted by molar-refractivity contribution is 0.508. The summed E-state index contributed by atoms with van der Waals surface area (Å²) >= 11 is 0. The molecule has 1 heterocycles. The monoisotopic (exact) mass is 176 g/mol. The predicted molar refractivity (Wildman–Crippen MR) is 48.5 cm³/mol. The van der Waals surface area contributed by atoms with Gasteiger partial charge in [-0.2, -0.15) is 10.4 Å². The zero-order valence-electron chi connectivity index (χ0n) is 6.78. The van der Waals surface area contributed by atoms with Crippen LogP contribution in [-0.2, 0) is 0 Å². The highest BCUT2D eigenvalue weighted by Crippen LogP contribution is 2.17. The zero-order chi connectivity index (χ0) is 9.84. The van der Waals surface area contributed by atoms with Crippen molar-refractivity contribution in [2.75, 3.05) is 5.73 Å². The van der Waals surface area contributed by atoms with E-state index in [1.165, 1.54) is 12.2 Å². The van der Waals surface area contributed by atoms with Crippen LogP contribution in [0.5, 0.6) is 0 Å². The summed E-state index contributed by atoms with van der Waals surface area (Å²) in [7, 11) is 0. The van der Waals surface area contributed by atoms with Crippen molar-refractivity contribution in [1.82, 2.24) is 10.2 Å². The third kappa shape index (κ3) is 1.51. The maximum absolute atomic E-state index is 9.36. The molecule has 66 valence electrons. The van der Waals surface area contributed by atoms with Gasteiger partial charge in [0, 0.05) is 0 Å². The highest BCUT2D eigenvalue weighted by molar-refractivity contribution is 5.67. The van der Waals surface area contributed by atoms with Crippen molar-refractivity contribution in [2.45, 2.75) is 0 Å². The van der Waals surface area contributed by atoms with E-state index < -0.39 is 0 Å². The first-order valence-electron chi connectivity index (χ1n) is 3.46. The number of anilines is 1. The minimum Gasteiger partial charge on any atom is -0.506 e. The van der Waals surface area contributed by atoms with Gasteiger partial charge in [0.15, 0.2) is 5.82 Å². The number of aromatic nitrogens is 2. The zero-order valence-corrected chi connectivity index (χ0v) is 6.78. The Morgan fingerprint density at radius 1 is 1.77 bits per heavy atom. The number of hydrogen-bond acceptors (Lipinski definition) is 4. The van der Waals surface area contributed by atoms with E-state index in [9.17, 15) is 5.11 Å². The number of nitrogens with one attached hydrogen (secondary N) is 1. The maximum atomic E-state index is 9.36. The number of nitrogen functional groups attached to an aromatic ring is 1. The van der Waals surface area contributed by atoms with Gasteiger partial charge in [0.25, 0.3) is 0 Å². The highest BCUT2D eigenvalue weighted by atomic mass is 16.3. The summed E-state index contributed by atoms with van der Waals surface area (Å²) in [5.74, 6) is -0.0442. The fourth-order valence-corrected chi connectivity index (χ4v) is 0.849. The molecule has 0 saturated carbocycles. The van der Waals surface area contributed by atoms with E-state index in [2.05, 4.69) is 16.8 Å². The van der Waals surface area contributed by atoms with Crippen LogP contribution in [0.15, 0.2) is 18.7 Å². The quantitative estimate of drug-likeness (QED) is 0.461. The van der Waals surface area contributed by atoms with E-state index >= 15 is 0 Å². The number of nitriles is 1. The van der Waals surface area contributed by atoms with Gasteiger partial charge in [0.05, 0.1) is 0 Å². The van der Waals surface area contributed by atoms with Gasteiger partial charge in [-0.3, -0.25) is 5.10 Å². The van der Waals surface area contributed by atoms with Gasteiger partial charge in [-0.1, -0.05) is 12.7 Å². The van der Waals surface area contributed by atoms with Gasteiger partial charge >= 0.3 is 0 Å². The van der Waals surface area contributed by atoms with Crippen molar-refractivity contribution in [3.8, 4) is 6.07 Å². The largest absolute Gasteiger partial charge is 0.506 e. The van der Waals surface area contributed by atoms with Gasteiger partial charge in [-0.05, 0) is 6.08 Å². The van der Waals surface area contributed by atoms with Crippen LogP contribution >= 0.6 is 0 Å². The molecule has 1 aromatic heterocycles. The molecular weight excluding hydrogens is 168 g/mol. The van der Waals surface area contributed by atoms with Crippen molar-refractivity contribution < 1.29 is 5.11 Å². The molecule has 0 aromatic carbocycles. The van der Waals surface area contributed by atoms with Gasteiger partial charge in [0.2, 0.25) is 0 Å². The normalized spacial score (nSPS) is 10.8. The molecule has 0 bridgehead atoms. The number of hydrogen-bond donors (Lipinski definition) is 3. The van der Waals surface area contributed by atoms with E-state index in [-0.39, 0.29) is 22.8 Å². The Morgan fingerprint density at radius 2 is 2.46 bits per heavy atom. The topological polar surface area (TPSA) is 98.7 Å². The average molecular weight is 176 g/mol. The number of H-pyrrole nitrogens is 1. The van der Waals surface area contributed by atoms with Crippen LogP contribution in [0.1, 0.15) is 11.3 Å². The summed E-state index contributed by atoms with van der Waals surface area (Å²) in [6.07, 6.45) is 2.74. The lowest BCUT2D eigenvalue weighted by atomic mass is 10.2. The molecule has 0 aliphatic carbocycles. The molecule has 0 unspecified atom stereocenters. The van der Waals surface area contributed by atoms with Gasteiger partial charge in [0.1, 0.15) is 23.1 Å². The van der Waals surface area contributed by atoms with Crippen molar-refractivity contribution >= 4 is 11.6 Å². The van der Waals surface area contributed by atoms with E-state index in [0.29, 0.717) is 0 Å². The second kappa shape index (κ2) is 3.45. The van der Waals surface area contributed by atoms with Crippen molar-refractivity contribution in [3.05, 3.63) is 30.0 Å². The molecule has 1 aromatic rings. The van der Waals surface area contributed by atoms with E-state index in [4.69, 9.17) is 11.0 Å². The van der Waals surface area contributed by atoms with Crippen LogP contribution in [0.25, 0.3) is 5.76 Å². The molecule has 4 N–H and O–H groups in total. The average Bonchev–Trinajstić information content (AvgIpc) is 2.47. The summed E-state index contributed by atoms with van der Waals surface area (Å²) in [6, 6.07) is 1.83. The second-order valence-electron chi connectivity index (χ2n) is 2.26. The fraction of sp³-hybridized carbons (Fsp3) is 0. The minimum atomic E-state index is -0.115. The summed E-state index contributed by atoms with van der Waals surface area (Å²) < 4.78 is 0. The number of aliphatic hydroxyl groups excluding tert-OH is 1. The van der Waals surface area contributed by atoms with Crippen LogP contribution in [0, 0.1) is 11.3 Å². The van der Waals surface area contributed by atoms with Gasteiger partial charge in [-0.25, -0.2) is 0 Å². The number of rotatable bonds is 2. The first-order valence-corrected chi connectivity index (χ1v) is 3.46. The Bertz CT molecular complexity index is 397. The summed E-state index contributed by atoms with van der Waals surface area (Å²) in [5, 5.41) is 24.0. The lowest BCUT2D eigenvalue weighted by Crippen LogP contribution is -1.89. The Balaban J connectivity index is 3.24. The van der Waals surface area contributed by atoms with Crippen LogP contribution in [-0.4, -0.2) is 15.3 Å². The van der Waals surface area contributed by atoms with E-state index in [0.717, 1.165) is 0 Å². The van der Waals surface area contributed by atoms with E-state index in [1.54, 1.807) is 0 Å². The Morgan fingerprint density at radius 3 is 3.00 bits per heavy atom. The molecule has 13 heavy (non-hydrogen) atoms. The van der Waals surface area contributed by atoms with Crippen molar-refractivity contribution in [1.29, 1.82) is 5.26 Å². The Hall–Kier alpha value is -2.22. The molecule has 0 fully saturated rings. The predicted octanol–water partition coefficient (Wildman–Crippen LogP) is 0.948. The maximum Gasteiger partial charge on any atom is 0.163 e. The first kappa shape index (κ1) is 8.87. The minimum absolute atomic E-state index is 0.0708.